The number of fused-ring (bicyclic) bond motifs is 1. The van der Waals surface area contributed by atoms with E-state index < -0.39 is 6.10 Å². The second kappa shape index (κ2) is 5.48. The van der Waals surface area contributed by atoms with Gasteiger partial charge < -0.3 is 10.4 Å². The number of benzene rings is 1. The summed E-state index contributed by atoms with van der Waals surface area (Å²) in [5, 5.41) is 22.7. The van der Waals surface area contributed by atoms with E-state index in [0.29, 0.717) is 18.5 Å². The Hall–Kier alpha value is -2.12. The fourth-order valence-electron chi connectivity index (χ4n) is 1.78. The van der Waals surface area contributed by atoms with Crippen LogP contribution in [0.5, 0.6) is 0 Å². The molecule has 18 heavy (non-hydrogen) atoms. The third-order valence-corrected chi connectivity index (χ3v) is 2.88. The highest BCUT2D eigenvalue weighted by Gasteiger charge is 2.09. The van der Waals surface area contributed by atoms with Crippen LogP contribution >= 0.6 is 0 Å². The number of hydrogen-bond donors (Lipinski definition) is 2. The Labute approximate surface area is 106 Å². The highest BCUT2D eigenvalue weighted by atomic mass is 16.3. The van der Waals surface area contributed by atoms with Crippen molar-refractivity contribution in [1.82, 2.24) is 4.98 Å². The third kappa shape index (κ3) is 2.41. The molecule has 4 nitrogen and oxygen atoms in total. The van der Waals surface area contributed by atoms with Gasteiger partial charge in [-0.25, -0.2) is 0 Å². The number of pyridine rings is 1. The van der Waals surface area contributed by atoms with E-state index in [1.165, 1.54) is 0 Å². The van der Waals surface area contributed by atoms with Crippen molar-refractivity contribution >= 4 is 16.6 Å². The molecular formula is C14H15N3O. The largest absolute Gasteiger partial charge is 0.391 e. The molecular weight excluding hydrogens is 226 g/mol. The minimum absolute atomic E-state index is 0.413. The number of para-hydroxylation sites is 1. The quantitative estimate of drug-likeness (QED) is 0.861. The molecule has 0 aliphatic rings. The van der Waals surface area contributed by atoms with Crippen molar-refractivity contribution in [2.24, 2.45) is 0 Å². The molecule has 0 bridgehead atoms. The molecule has 1 aromatic heterocycles. The van der Waals surface area contributed by atoms with Gasteiger partial charge in [0.25, 0.3) is 0 Å². The third-order valence-electron chi connectivity index (χ3n) is 2.88. The number of rotatable bonds is 4. The van der Waals surface area contributed by atoms with E-state index in [-0.39, 0.29) is 0 Å². The van der Waals surface area contributed by atoms with Crippen LogP contribution in [-0.2, 0) is 0 Å². The summed E-state index contributed by atoms with van der Waals surface area (Å²) in [6.45, 7) is 2.35. The molecule has 1 atom stereocenters. The van der Waals surface area contributed by atoms with Crippen LogP contribution in [0.4, 0.5) is 5.69 Å². The molecule has 92 valence electrons. The van der Waals surface area contributed by atoms with Crippen LogP contribution in [0.15, 0.2) is 30.5 Å². The number of nitrogens with one attached hydrogen (secondary N) is 1. The lowest BCUT2D eigenvalue weighted by Gasteiger charge is -2.13. The van der Waals surface area contributed by atoms with E-state index in [4.69, 9.17) is 5.26 Å². The van der Waals surface area contributed by atoms with Gasteiger partial charge in [0.2, 0.25) is 0 Å². The molecule has 2 rings (SSSR count). The van der Waals surface area contributed by atoms with E-state index in [2.05, 4.69) is 16.4 Å². The second-order valence-electron chi connectivity index (χ2n) is 4.12. The Morgan fingerprint density at radius 3 is 2.94 bits per heavy atom. The van der Waals surface area contributed by atoms with Crippen molar-refractivity contribution in [3.8, 4) is 6.07 Å². The summed E-state index contributed by atoms with van der Waals surface area (Å²) in [6, 6.07) is 9.76. The normalized spacial score (nSPS) is 12.1. The molecule has 2 aromatic rings. The average molecular weight is 241 g/mol. The molecule has 1 unspecified atom stereocenters. The van der Waals surface area contributed by atoms with Gasteiger partial charge in [0.05, 0.1) is 22.9 Å². The van der Waals surface area contributed by atoms with Gasteiger partial charge in [-0.3, -0.25) is 4.98 Å². The average Bonchev–Trinajstić information content (AvgIpc) is 2.44. The molecule has 0 saturated carbocycles. The highest BCUT2D eigenvalue weighted by Crippen LogP contribution is 2.25. The van der Waals surface area contributed by atoms with Crippen molar-refractivity contribution in [2.75, 3.05) is 11.9 Å². The summed E-state index contributed by atoms with van der Waals surface area (Å²) in [4.78, 5) is 4.23. The Bertz CT molecular complexity index is 589. The maximum Gasteiger partial charge on any atom is 0.103 e. The number of aliphatic hydroxyl groups is 1. The van der Waals surface area contributed by atoms with Crippen LogP contribution < -0.4 is 5.32 Å². The second-order valence-corrected chi connectivity index (χ2v) is 4.12. The lowest BCUT2D eigenvalue weighted by molar-refractivity contribution is 0.183. The van der Waals surface area contributed by atoms with E-state index in [1.54, 1.807) is 6.20 Å². The number of aliphatic hydroxyl groups excluding tert-OH is 1. The molecule has 2 N–H and O–H groups in total. The Morgan fingerprint density at radius 1 is 1.44 bits per heavy atom. The number of aromatic nitrogens is 1. The fraction of sp³-hybridized carbons (Fsp3) is 0.286. The van der Waals surface area contributed by atoms with Crippen molar-refractivity contribution in [3.63, 3.8) is 0 Å². The number of nitriles is 1. The maximum absolute atomic E-state index is 9.59. The Kier molecular flexibility index (Phi) is 3.75. The van der Waals surface area contributed by atoms with Crippen LogP contribution in [0, 0.1) is 11.3 Å². The van der Waals surface area contributed by atoms with Crippen LogP contribution in [0.1, 0.15) is 18.9 Å². The summed E-state index contributed by atoms with van der Waals surface area (Å²) in [5.74, 6) is 0. The van der Waals surface area contributed by atoms with Crippen molar-refractivity contribution in [3.05, 3.63) is 36.0 Å². The zero-order chi connectivity index (χ0) is 13.0. The van der Waals surface area contributed by atoms with Gasteiger partial charge in [-0.15, -0.1) is 0 Å². The number of hydrogen-bond acceptors (Lipinski definition) is 4. The fourth-order valence-corrected chi connectivity index (χ4v) is 1.78. The van der Waals surface area contributed by atoms with E-state index in [1.807, 2.05) is 31.2 Å². The van der Waals surface area contributed by atoms with Gasteiger partial charge in [-0.2, -0.15) is 5.26 Å². The number of nitrogens with zero attached hydrogens (tertiary/aromatic N) is 2. The maximum atomic E-state index is 9.59. The lowest BCUT2D eigenvalue weighted by atomic mass is 10.1. The van der Waals surface area contributed by atoms with Crippen LogP contribution in [0.25, 0.3) is 10.9 Å². The van der Waals surface area contributed by atoms with Gasteiger partial charge in [-0.1, -0.05) is 25.1 Å². The topological polar surface area (TPSA) is 68.9 Å². The van der Waals surface area contributed by atoms with Gasteiger partial charge in [0, 0.05) is 18.1 Å². The highest BCUT2D eigenvalue weighted by molar-refractivity contribution is 5.93. The summed E-state index contributed by atoms with van der Waals surface area (Å²) in [5.41, 5.74) is 2.08. The summed E-state index contributed by atoms with van der Waals surface area (Å²) in [7, 11) is 0. The molecule has 0 radical (unpaired) electrons. The molecule has 1 heterocycles. The SMILES string of the molecule is CCC(O)CNc1c(C#N)cnc2ccccc12. The van der Waals surface area contributed by atoms with Crippen LogP contribution in [0.2, 0.25) is 0 Å². The summed E-state index contributed by atoms with van der Waals surface area (Å²) >= 11 is 0. The first-order chi connectivity index (χ1) is 8.76. The van der Waals surface area contributed by atoms with Crippen molar-refractivity contribution in [1.29, 1.82) is 5.26 Å². The Morgan fingerprint density at radius 2 is 2.22 bits per heavy atom. The first-order valence-electron chi connectivity index (χ1n) is 5.96. The molecule has 0 fully saturated rings. The van der Waals surface area contributed by atoms with Crippen LogP contribution in [-0.4, -0.2) is 22.7 Å². The van der Waals surface area contributed by atoms with Crippen molar-refractivity contribution < 1.29 is 5.11 Å². The molecule has 0 aliphatic carbocycles. The monoisotopic (exact) mass is 241 g/mol. The zero-order valence-corrected chi connectivity index (χ0v) is 10.2. The standard InChI is InChI=1S/C14H15N3O/c1-2-11(18)9-17-14-10(7-15)8-16-13-6-4-3-5-12(13)14/h3-6,8,11,18H,2,9H2,1H3,(H,16,17). The minimum atomic E-state index is -0.413. The van der Waals surface area contributed by atoms with E-state index >= 15 is 0 Å². The molecule has 4 heteroatoms. The molecule has 0 spiro atoms. The van der Waals surface area contributed by atoms with Crippen molar-refractivity contribution in [2.45, 2.75) is 19.4 Å². The molecule has 1 aromatic carbocycles. The summed E-state index contributed by atoms with van der Waals surface area (Å²) in [6.07, 6.45) is 1.82. The van der Waals surface area contributed by atoms with Gasteiger partial charge >= 0.3 is 0 Å². The zero-order valence-electron chi connectivity index (χ0n) is 10.2. The minimum Gasteiger partial charge on any atom is -0.391 e. The predicted molar refractivity (Wildman–Crippen MR) is 71.2 cm³/mol. The smallest absolute Gasteiger partial charge is 0.103 e. The first kappa shape index (κ1) is 12.3. The molecule has 0 amide bonds. The van der Waals surface area contributed by atoms with Crippen LogP contribution in [0.3, 0.4) is 0 Å². The van der Waals surface area contributed by atoms with Gasteiger partial charge in [0.15, 0.2) is 0 Å². The first-order valence-corrected chi connectivity index (χ1v) is 5.96. The Balaban J connectivity index is 2.42. The molecule has 0 aliphatic heterocycles. The lowest BCUT2D eigenvalue weighted by Crippen LogP contribution is -2.19. The predicted octanol–water partition coefficient (Wildman–Crippen LogP) is 2.29. The van der Waals surface area contributed by atoms with E-state index in [9.17, 15) is 5.11 Å². The number of anilines is 1. The van der Waals surface area contributed by atoms with Gasteiger partial charge in [-0.05, 0) is 12.5 Å². The van der Waals surface area contributed by atoms with E-state index in [0.717, 1.165) is 16.6 Å². The van der Waals surface area contributed by atoms with Gasteiger partial charge in [0.1, 0.15) is 6.07 Å². The summed E-state index contributed by atoms with van der Waals surface area (Å²) < 4.78 is 0. The molecule has 0 saturated heterocycles.